The van der Waals surface area contributed by atoms with Crippen molar-refractivity contribution in [2.75, 3.05) is 13.2 Å². The third-order valence-electron chi connectivity index (χ3n) is 3.53. The summed E-state index contributed by atoms with van der Waals surface area (Å²) < 4.78 is 0. The van der Waals surface area contributed by atoms with Crippen molar-refractivity contribution in [3.63, 3.8) is 0 Å². The molecule has 1 heterocycles. The van der Waals surface area contributed by atoms with Crippen LogP contribution >= 0.6 is 0 Å². The zero-order valence-corrected chi connectivity index (χ0v) is 9.71. The summed E-state index contributed by atoms with van der Waals surface area (Å²) in [6.45, 7) is 6.21. The van der Waals surface area contributed by atoms with Gasteiger partial charge in [-0.2, -0.15) is 0 Å². The SMILES string of the molecule is CCC(CC)N1CCCC1CCCO. The molecular formula is C12H25NO. The van der Waals surface area contributed by atoms with Crippen LogP contribution in [0.25, 0.3) is 0 Å². The molecule has 1 fully saturated rings. The van der Waals surface area contributed by atoms with Crippen molar-refractivity contribution in [3.05, 3.63) is 0 Å². The molecule has 1 rings (SSSR count). The molecular weight excluding hydrogens is 174 g/mol. The Hall–Kier alpha value is -0.0800. The lowest BCUT2D eigenvalue weighted by molar-refractivity contribution is 0.153. The Balaban J connectivity index is 2.40. The molecule has 1 aliphatic rings. The van der Waals surface area contributed by atoms with Gasteiger partial charge in [0.1, 0.15) is 0 Å². The van der Waals surface area contributed by atoms with Gasteiger partial charge in [0.2, 0.25) is 0 Å². The van der Waals surface area contributed by atoms with Crippen LogP contribution in [0.2, 0.25) is 0 Å². The largest absolute Gasteiger partial charge is 0.396 e. The highest BCUT2D eigenvalue weighted by Gasteiger charge is 2.28. The first-order valence-corrected chi connectivity index (χ1v) is 6.20. The van der Waals surface area contributed by atoms with E-state index in [1.165, 1.54) is 38.6 Å². The fraction of sp³-hybridized carbons (Fsp3) is 1.00. The van der Waals surface area contributed by atoms with Gasteiger partial charge >= 0.3 is 0 Å². The van der Waals surface area contributed by atoms with Crippen molar-refractivity contribution in [1.82, 2.24) is 4.90 Å². The van der Waals surface area contributed by atoms with E-state index in [0.29, 0.717) is 6.61 Å². The first-order chi connectivity index (χ1) is 6.83. The molecule has 1 N–H and O–H groups in total. The van der Waals surface area contributed by atoms with Crippen LogP contribution in [-0.2, 0) is 0 Å². The summed E-state index contributed by atoms with van der Waals surface area (Å²) in [6, 6.07) is 1.54. The van der Waals surface area contributed by atoms with Gasteiger partial charge in [0.25, 0.3) is 0 Å². The topological polar surface area (TPSA) is 23.5 Å². The molecule has 0 aromatic rings. The highest BCUT2D eigenvalue weighted by molar-refractivity contribution is 4.83. The lowest BCUT2D eigenvalue weighted by atomic mass is 10.1. The number of hydrogen-bond acceptors (Lipinski definition) is 2. The maximum absolute atomic E-state index is 8.85. The third-order valence-corrected chi connectivity index (χ3v) is 3.53. The average Bonchev–Trinajstić information content (AvgIpc) is 2.65. The Labute approximate surface area is 88.3 Å². The van der Waals surface area contributed by atoms with Gasteiger partial charge < -0.3 is 5.11 Å². The first-order valence-electron chi connectivity index (χ1n) is 6.20. The molecule has 0 aliphatic carbocycles. The molecule has 0 aromatic carbocycles. The maximum atomic E-state index is 8.85. The Bertz CT molecular complexity index is 145. The molecule has 2 heteroatoms. The van der Waals surface area contributed by atoms with Crippen LogP contribution in [0.1, 0.15) is 52.4 Å². The fourth-order valence-electron chi connectivity index (χ4n) is 2.73. The molecule has 0 saturated carbocycles. The molecule has 84 valence electrons. The van der Waals surface area contributed by atoms with Gasteiger partial charge in [-0.1, -0.05) is 13.8 Å². The summed E-state index contributed by atoms with van der Waals surface area (Å²) in [5, 5.41) is 8.85. The van der Waals surface area contributed by atoms with E-state index in [4.69, 9.17) is 5.11 Å². The Morgan fingerprint density at radius 1 is 1.36 bits per heavy atom. The lowest BCUT2D eigenvalue weighted by Gasteiger charge is -2.31. The molecule has 0 bridgehead atoms. The summed E-state index contributed by atoms with van der Waals surface area (Å²) in [5.74, 6) is 0. The summed E-state index contributed by atoms with van der Waals surface area (Å²) in [6.07, 6.45) is 7.40. The number of nitrogens with zero attached hydrogens (tertiary/aromatic N) is 1. The number of hydrogen-bond donors (Lipinski definition) is 1. The van der Waals surface area contributed by atoms with Crippen LogP contribution in [0.3, 0.4) is 0 Å². The third kappa shape index (κ3) is 2.96. The van der Waals surface area contributed by atoms with Crippen molar-refractivity contribution in [3.8, 4) is 0 Å². The average molecular weight is 199 g/mol. The Morgan fingerprint density at radius 3 is 2.64 bits per heavy atom. The van der Waals surface area contributed by atoms with Gasteiger partial charge in [-0.3, -0.25) is 4.90 Å². The van der Waals surface area contributed by atoms with Crippen molar-refractivity contribution in [2.24, 2.45) is 0 Å². The highest BCUT2D eigenvalue weighted by Crippen LogP contribution is 2.25. The number of rotatable bonds is 6. The summed E-state index contributed by atoms with van der Waals surface area (Å²) >= 11 is 0. The first kappa shape index (κ1) is 12.0. The van der Waals surface area contributed by atoms with Gasteiger partial charge in [0.05, 0.1) is 0 Å². The predicted octanol–water partition coefficient (Wildman–Crippen LogP) is 2.41. The van der Waals surface area contributed by atoms with Crippen molar-refractivity contribution >= 4 is 0 Å². The van der Waals surface area contributed by atoms with Crippen LogP contribution in [0.15, 0.2) is 0 Å². The van der Waals surface area contributed by atoms with Gasteiger partial charge in [-0.25, -0.2) is 0 Å². The summed E-state index contributed by atoms with van der Waals surface area (Å²) in [5.41, 5.74) is 0. The normalized spacial score (nSPS) is 23.6. The Morgan fingerprint density at radius 2 is 2.07 bits per heavy atom. The van der Waals surface area contributed by atoms with E-state index < -0.39 is 0 Å². The number of aliphatic hydroxyl groups excluding tert-OH is 1. The molecule has 0 amide bonds. The van der Waals surface area contributed by atoms with Crippen molar-refractivity contribution < 1.29 is 5.11 Å². The summed E-state index contributed by atoms with van der Waals surface area (Å²) in [7, 11) is 0. The van der Waals surface area contributed by atoms with E-state index in [1.54, 1.807) is 0 Å². The molecule has 1 atom stereocenters. The van der Waals surface area contributed by atoms with E-state index in [9.17, 15) is 0 Å². The molecule has 1 aliphatic heterocycles. The standard InChI is InChI=1S/C12H25NO/c1-3-11(4-2)13-9-5-7-12(13)8-6-10-14/h11-12,14H,3-10H2,1-2H3. The molecule has 0 radical (unpaired) electrons. The van der Waals surface area contributed by atoms with E-state index in [0.717, 1.165) is 18.5 Å². The van der Waals surface area contributed by atoms with Crippen LogP contribution in [0, 0.1) is 0 Å². The van der Waals surface area contributed by atoms with Gasteiger partial charge in [0, 0.05) is 18.7 Å². The minimum Gasteiger partial charge on any atom is -0.396 e. The Kier molecular flexibility index (Phi) is 5.49. The van der Waals surface area contributed by atoms with Crippen LogP contribution in [-0.4, -0.2) is 35.2 Å². The van der Waals surface area contributed by atoms with Crippen LogP contribution in [0.4, 0.5) is 0 Å². The van der Waals surface area contributed by atoms with Gasteiger partial charge in [0.15, 0.2) is 0 Å². The van der Waals surface area contributed by atoms with E-state index >= 15 is 0 Å². The molecule has 14 heavy (non-hydrogen) atoms. The minimum absolute atomic E-state index is 0.354. The maximum Gasteiger partial charge on any atom is 0.0431 e. The predicted molar refractivity (Wildman–Crippen MR) is 60.4 cm³/mol. The highest BCUT2D eigenvalue weighted by atomic mass is 16.2. The zero-order chi connectivity index (χ0) is 10.4. The second-order valence-corrected chi connectivity index (χ2v) is 4.37. The van der Waals surface area contributed by atoms with Gasteiger partial charge in [-0.05, 0) is 45.1 Å². The lowest BCUT2D eigenvalue weighted by Crippen LogP contribution is -2.38. The van der Waals surface area contributed by atoms with Crippen molar-refractivity contribution in [2.45, 2.75) is 64.5 Å². The van der Waals surface area contributed by atoms with Crippen molar-refractivity contribution in [1.29, 1.82) is 0 Å². The molecule has 2 nitrogen and oxygen atoms in total. The number of likely N-dealkylation sites (tertiary alicyclic amines) is 1. The number of aliphatic hydroxyl groups is 1. The molecule has 0 aromatic heterocycles. The zero-order valence-electron chi connectivity index (χ0n) is 9.71. The quantitative estimate of drug-likeness (QED) is 0.710. The van der Waals surface area contributed by atoms with Crippen LogP contribution in [0.5, 0.6) is 0 Å². The smallest absolute Gasteiger partial charge is 0.0431 e. The van der Waals surface area contributed by atoms with E-state index in [1.807, 2.05) is 0 Å². The monoisotopic (exact) mass is 199 g/mol. The molecule has 0 spiro atoms. The second-order valence-electron chi connectivity index (χ2n) is 4.37. The molecule has 1 saturated heterocycles. The van der Waals surface area contributed by atoms with E-state index in [2.05, 4.69) is 18.7 Å². The van der Waals surface area contributed by atoms with E-state index in [-0.39, 0.29) is 0 Å². The second kappa shape index (κ2) is 6.41. The molecule has 1 unspecified atom stereocenters. The van der Waals surface area contributed by atoms with Gasteiger partial charge in [-0.15, -0.1) is 0 Å². The summed E-state index contributed by atoms with van der Waals surface area (Å²) in [4.78, 5) is 2.68. The van der Waals surface area contributed by atoms with Crippen LogP contribution < -0.4 is 0 Å². The fourth-order valence-corrected chi connectivity index (χ4v) is 2.73. The minimum atomic E-state index is 0.354.